The number of para-hydroxylation sites is 1. The smallest absolute Gasteiger partial charge is 0.234 e. The summed E-state index contributed by atoms with van der Waals surface area (Å²) in [4.78, 5) is 20.1. The molecule has 4 bridgehead atoms. The van der Waals surface area contributed by atoms with Gasteiger partial charge in [0.05, 0.1) is 22.8 Å². The number of likely N-dealkylation sites (tertiary alicyclic amines) is 1. The lowest BCUT2D eigenvalue weighted by Crippen LogP contribution is -2.52. The van der Waals surface area contributed by atoms with Crippen LogP contribution in [0.25, 0.3) is 10.2 Å². The number of fused-ring (bicyclic) bond motifs is 1. The highest BCUT2D eigenvalue weighted by molar-refractivity contribution is 7.18. The number of aromatic nitrogens is 1. The molecule has 1 aromatic carbocycles. The molecule has 0 radical (unpaired) electrons. The molecule has 0 unspecified atom stereocenters. The SMILES string of the molecule is O=C(CN1CCC[C@@H]1c1nc2ccccc2s1)NCC12CC3CC(CC(C3)C1)C2. The van der Waals surface area contributed by atoms with Crippen LogP contribution in [0.3, 0.4) is 0 Å². The van der Waals surface area contributed by atoms with Crippen molar-refractivity contribution in [1.29, 1.82) is 0 Å². The molecule has 0 spiro atoms. The average molecular weight is 410 g/mol. The zero-order chi connectivity index (χ0) is 19.4. The van der Waals surface area contributed by atoms with Gasteiger partial charge in [-0.1, -0.05) is 12.1 Å². The van der Waals surface area contributed by atoms with E-state index in [0.717, 1.165) is 49.2 Å². The number of carbonyl (C=O) groups is 1. The molecule has 5 heteroatoms. The van der Waals surface area contributed by atoms with Crippen LogP contribution in [0.4, 0.5) is 0 Å². The summed E-state index contributed by atoms with van der Waals surface area (Å²) in [5, 5.41) is 4.55. The minimum atomic E-state index is 0.216. The Hall–Kier alpha value is -1.46. The first-order chi connectivity index (χ1) is 14.2. The maximum Gasteiger partial charge on any atom is 0.234 e. The number of nitrogens with zero attached hydrogens (tertiary/aromatic N) is 2. The number of benzene rings is 1. The molecule has 2 heterocycles. The summed E-state index contributed by atoms with van der Waals surface area (Å²) < 4.78 is 1.25. The molecule has 1 aliphatic heterocycles. The van der Waals surface area contributed by atoms with Crippen molar-refractivity contribution in [2.45, 2.75) is 57.4 Å². The van der Waals surface area contributed by atoms with Gasteiger partial charge < -0.3 is 5.32 Å². The Bertz CT molecular complexity index is 853. The van der Waals surface area contributed by atoms with E-state index in [-0.39, 0.29) is 5.91 Å². The molecule has 1 N–H and O–H groups in total. The fraction of sp³-hybridized carbons (Fsp3) is 0.667. The lowest BCUT2D eigenvalue weighted by atomic mass is 9.49. The van der Waals surface area contributed by atoms with Crippen LogP contribution in [0.1, 0.15) is 62.4 Å². The van der Waals surface area contributed by atoms with Gasteiger partial charge in [-0.15, -0.1) is 11.3 Å². The number of carbonyl (C=O) groups excluding carboxylic acids is 1. The maximum atomic E-state index is 12.9. The molecule has 154 valence electrons. The van der Waals surface area contributed by atoms with Crippen LogP contribution in [0.5, 0.6) is 0 Å². The highest BCUT2D eigenvalue weighted by Gasteiger charge is 2.50. The quantitative estimate of drug-likeness (QED) is 0.774. The van der Waals surface area contributed by atoms with E-state index in [2.05, 4.69) is 34.5 Å². The summed E-state index contributed by atoms with van der Waals surface area (Å²) in [6.07, 6.45) is 10.7. The Morgan fingerprint density at radius 2 is 1.86 bits per heavy atom. The number of thiazole rings is 1. The number of hydrogen-bond acceptors (Lipinski definition) is 4. The van der Waals surface area contributed by atoms with Gasteiger partial charge in [0.2, 0.25) is 5.91 Å². The topological polar surface area (TPSA) is 45.2 Å². The molecule has 1 amide bonds. The van der Waals surface area contributed by atoms with E-state index < -0.39 is 0 Å². The summed E-state index contributed by atoms with van der Waals surface area (Å²) in [7, 11) is 0. The van der Waals surface area contributed by atoms with Crippen molar-refractivity contribution in [3.8, 4) is 0 Å². The summed E-state index contributed by atoms with van der Waals surface area (Å²) in [6.45, 7) is 2.44. The molecular weight excluding hydrogens is 378 g/mol. The first kappa shape index (κ1) is 18.3. The second kappa shape index (κ2) is 7.05. The molecule has 2 aromatic rings. The van der Waals surface area contributed by atoms with Crippen molar-refractivity contribution in [3.05, 3.63) is 29.3 Å². The van der Waals surface area contributed by atoms with Crippen LogP contribution in [0, 0.1) is 23.2 Å². The molecular formula is C24H31N3OS. The number of rotatable bonds is 5. The van der Waals surface area contributed by atoms with E-state index in [1.807, 2.05) is 0 Å². The van der Waals surface area contributed by atoms with E-state index in [1.54, 1.807) is 11.3 Å². The van der Waals surface area contributed by atoms with Gasteiger partial charge in [-0.25, -0.2) is 4.98 Å². The van der Waals surface area contributed by atoms with Crippen molar-refractivity contribution >= 4 is 27.5 Å². The lowest BCUT2D eigenvalue weighted by molar-refractivity contribution is -0.124. The highest BCUT2D eigenvalue weighted by atomic mass is 32.1. The van der Waals surface area contributed by atoms with Crippen molar-refractivity contribution in [3.63, 3.8) is 0 Å². The molecule has 1 aromatic heterocycles. The van der Waals surface area contributed by atoms with Crippen LogP contribution < -0.4 is 5.32 Å². The Labute approximate surface area is 177 Å². The van der Waals surface area contributed by atoms with Crippen molar-refractivity contribution in [2.24, 2.45) is 23.2 Å². The molecule has 7 rings (SSSR count). The molecule has 4 saturated carbocycles. The van der Waals surface area contributed by atoms with Gasteiger partial charge in [0.25, 0.3) is 0 Å². The van der Waals surface area contributed by atoms with Crippen LogP contribution in [0.2, 0.25) is 0 Å². The number of hydrogen-bond donors (Lipinski definition) is 1. The van der Waals surface area contributed by atoms with Crippen LogP contribution >= 0.6 is 11.3 Å². The van der Waals surface area contributed by atoms with Gasteiger partial charge in [-0.3, -0.25) is 9.69 Å². The largest absolute Gasteiger partial charge is 0.354 e. The van der Waals surface area contributed by atoms with Gasteiger partial charge in [0.1, 0.15) is 5.01 Å². The van der Waals surface area contributed by atoms with Gasteiger partial charge in [-0.2, -0.15) is 0 Å². The third-order valence-electron chi connectivity index (χ3n) is 8.13. The Balaban J connectivity index is 1.10. The zero-order valence-electron chi connectivity index (χ0n) is 17.1. The Morgan fingerprint density at radius 1 is 1.14 bits per heavy atom. The van der Waals surface area contributed by atoms with E-state index in [9.17, 15) is 4.79 Å². The number of amides is 1. The van der Waals surface area contributed by atoms with E-state index in [1.165, 1.54) is 48.2 Å². The molecule has 1 atom stereocenters. The molecule has 5 fully saturated rings. The average Bonchev–Trinajstić information content (AvgIpc) is 3.31. The highest BCUT2D eigenvalue weighted by Crippen LogP contribution is 2.59. The van der Waals surface area contributed by atoms with Crippen LogP contribution in [-0.2, 0) is 4.79 Å². The van der Waals surface area contributed by atoms with Crippen LogP contribution in [-0.4, -0.2) is 35.4 Å². The third kappa shape index (κ3) is 3.40. The van der Waals surface area contributed by atoms with Crippen LogP contribution in [0.15, 0.2) is 24.3 Å². The maximum absolute atomic E-state index is 12.9. The minimum absolute atomic E-state index is 0.216. The van der Waals surface area contributed by atoms with Crippen molar-refractivity contribution < 1.29 is 4.79 Å². The summed E-state index contributed by atoms with van der Waals surface area (Å²) in [5.41, 5.74) is 1.51. The van der Waals surface area contributed by atoms with Gasteiger partial charge in [-0.05, 0) is 93.2 Å². The van der Waals surface area contributed by atoms with E-state index in [4.69, 9.17) is 4.98 Å². The predicted molar refractivity (Wildman–Crippen MR) is 117 cm³/mol. The van der Waals surface area contributed by atoms with Crippen molar-refractivity contribution in [2.75, 3.05) is 19.6 Å². The fourth-order valence-corrected chi connectivity index (χ4v) is 8.50. The third-order valence-corrected chi connectivity index (χ3v) is 9.27. The van der Waals surface area contributed by atoms with E-state index in [0.29, 0.717) is 18.0 Å². The first-order valence-electron chi connectivity index (χ1n) is 11.5. The van der Waals surface area contributed by atoms with Gasteiger partial charge in [0, 0.05) is 6.54 Å². The summed E-state index contributed by atoms with van der Waals surface area (Å²) in [6, 6.07) is 8.67. The molecule has 4 aliphatic carbocycles. The van der Waals surface area contributed by atoms with Crippen molar-refractivity contribution in [1.82, 2.24) is 15.2 Å². The van der Waals surface area contributed by atoms with Gasteiger partial charge >= 0.3 is 0 Å². The normalized spacial score (nSPS) is 36.1. The monoisotopic (exact) mass is 409 g/mol. The minimum Gasteiger partial charge on any atom is -0.354 e. The second-order valence-corrected chi connectivity index (χ2v) is 11.4. The fourth-order valence-electron chi connectivity index (χ4n) is 7.36. The summed E-state index contributed by atoms with van der Waals surface area (Å²) >= 11 is 1.79. The predicted octanol–water partition coefficient (Wildman–Crippen LogP) is 4.77. The van der Waals surface area contributed by atoms with E-state index >= 15 is 0 Å². The zero-order valence-corrected chi connectivity index (χ0v) is 17.9. The molecule has 5 aliphatic rings. The first-order valence-corrected chi connectivity index (χ1v) is 12.3. The lowest BCUT2D eigenvalue weighted by Gasteiger charge is -2.56. The number of nitrogens with one attached hydrogen (secondary N) is 1. The second-order valence-electron chi connectivity index (χ2n) is 10.3. The molecule has 1 saturated heterocycles. The Morgan fingerprint density at radius 3 is 2.59 bits per heavy atom. The summed E-state index contributed by atoms with van der Waals surface area (Å²) in [5.74, 6) is 3.05. The Kier molecular flexibility index (Phi) is 4.46. The molecule has 29 heavy (non-hydrogen) atoms. The molecule has 4 nitrogen and oxygen atoms in total. The standard InChI is InChI=1S/C24H31N3OS/c28-22(25-15-24-11-16-8-17(12-24)10-18(9-16)13-24)14-27-7-3-5-20(27)23-26-19-4-1-2-6-21(19)29-23/h1-2,4,6,16-18,20H,3,5,7-15H2,(H,25,28)/t16?,17?,18?,20-,24?/m1/s1. The van der Waals surface area contributed by atoms with Gasteiger partial charge in [0.15, 0.2) is 0 Å².